The summed E-state index contributed by atoms with van der Waals surface area (Å²) in [6.45, 7) is 4.51. The predicted octanol–water partition coefficient (Wildman–Crippen LogP) is 11.6. The van der Waals surface area contributed by atoms with Gasteiger partial charge in [-0.2, -0.15) is 0 Å². The predicted molar refractivity (Wildman–Crippen MR) is 240 cm³/mol. The van der Waals surface area contributed by atoms with Gasteiger partial charge >= 0.3 is 11.9 Å². The zero-order chi connectivity index (χ0) is 42.8. The summed E-state index contributed by atoms with van der Waals surface area (Å²) >= 11 is 0. The number of carboxylic acid groups (broad SMARTS) is 1. The number of carbonyl (C=O) groups is 3. The number of aliphatic carboxylic acids is 1. The van der Waals surface area contributed by atoms with Crippen LogP contribution in [0.25, 0.3) is 0 Å². The first-order valence-electron chi connectivity index (χ1n) is 23.3. The van der Waals surface area contributed by atoms with Crippen molar-refractivity contribution in [3.8, 4) is 0 Å². The lowest BCUT2D eigenvalue weighted by Gasteiger charge is -2.34. The fraction of sp³-hybridized carbons (Fsp3) is 0.740. The molecule has 2 unspecified atom stereocenters. The maximum atomic E-state index is 12.7. The van der Waals surface area contributed by atoms with Crippen molar-refractivity contribution in [1.82, 2.24) is 0 Å². The van der Waals surface area contributed by atoms with Gasteiger partial charge in [-0.1, -0.05) is 152 Å². The van der Waals surface area contributed by atoms with E-state index in [0.29, 0.717) is 12.8 Å². The SMILES string of the molecule is CC/C=C/C/C=C/C/C=C/C/C=C/CCCCCC(=O)OCC(COCCC(C(=O)[O-])[N+](C)(C)C)OC(=O)CCCCCCC/C=C/CCCCCCCCCCC. The Hall–Kier alpha value is -2.97. The van der Waals surface area contributed by atoms with Gasteiger partial charge in [0.05, 0.1) is 40.3 Å². The van der Waals surface area contributed by atoms with Gasteiger partial charge in [-0.05, 0) is 77.0 Å². The van der Waals surface area contributed by atoms with Gasteiger partial charge in [0.2, 0.25) is 0 Å². The molecule has 0 bridgehead atoms. The van der Waals surface area contributed by atoms with Crippen LogP contribution in [0.2, 0.25) is 0 Å². The molecule has 334 valence electrons. The number of carboxylic acids is 1. The molecule has 0 saturated carbocycles. The maximum absolute atomic E-state index is 12.7. The molecule has 0 aliphatic heterocycles. The van der Waals surface area contributed by atoms with Crippen LogP contribution in [0.5, 0.6) is 0 Å². The Morgan fingerprint density at radius 1 is 0.534 bits per heavy atom. The van der Waals surface area contributed by atoms with E-state index in [-0.39, 0.29) is 42.7 Å². The molecule has 2 atom stereocenters. The number of hydrogen-bond donors (Lipinski definition) is 0. The van der Waals surface area contributed by atoms with E-state index in [1.54, 1.807) is 21.1 Å². The molecular weight excluding hydrogens is 727 g/mol. The number of quaternary nitrogens is 1. The fourth-order valence-electron chi connectivity index (χ4n) is 6.53. The molecular formula is C50H87NO7. The largest absolute Gasteiger partial charge is 0.544 e. The molecule has 58 heavy (non-hydrogen) atoms. The summed E-state index contributed by atoms with van der Waals surface area (Å²) in [7, 11) is 5.39. The van der Waals surface area contributed by atoms with E-state index < -0.39 is 18.1 Å². The second-order valence-corrected chi connectivity index (χ2v) is 16.6. The van der Waals surface area contributed by atoms with Gasteiger partial charge in [0, 0.05) is 19.3 Å². The highest BCUT2D eigenvalue weighted by Gasteiger charge is 2.25. The molecule has 0 radical (unpaired) electrons. The molecule has 0 aromatic heterocycles. The van der Waals surface area contributed by atoms with Crippen molar-refractivity contribution in [3.63, 3.8) is 0 Å². The van der Waals surface area contributed by atoms with E-state index in [1.807, 2.05) is 0 Å². The second kappa shape index (κ2) is 40.8. The summed E-state index contributed by atoms with van der Waals surface area (Å²) in [5, 5.41) is 11.6. The number of ether oxygens (including phenoxy) is 3. The van der Waals surface area contributed by atoms with Gasteiger partial charge < -0.3 is 28.6 Å². The first kappa shape index (κ1) is 55.0. The van der Waals surface area contributed by atoms with Crippen LogP contribution < -0.4 is 5.11 Å². The first-order chi connectivity index (χ1) is 28.1. The Bertz CT molecular complexity index is 1130. The van der Waals surface area contributed by atoms with Crippen LogP contribution in [0.4, 0.5) is 0 Å². The van der Waals surface area contributed by atoms with Gasteiger partial charge in [-0.15, -0.1) is 0 Å². The number of hydrogen-bond acceptors (Lipinski definition) is 7. The van der Waals surface area contributed by atoms with Crippen LogP contribution in [0.15, 0.2) is 60.8 Å². The van der Waals surface area contributed by atoms with E-state index in [0.717, 1.165) is 83.5 Å². The smallest absolute Gasteiger partial charge is 0.306 e. The molecule has 0 spiro atoms. The molecule has 8 nitrogen and oxygen atoms in total. The average molecular weight is 814 g/mol. The van der Waals surface area contributed by atoms with E-state index in [1.165, 1.54) is 70.6 Å². The molecule has 8 heteroatoms. The standard InChI is InChI=1S/C50H87NO7/c1-6-8-10-12-14-16-18-20-22-24-25-27-29-31-33-35-37-39-41-49(53)58-46(44-56-43-42-47(50(54)55)51(3,4)5)45-57-48(52)40-38-36-34-32-30-28-26-23-21-19-17-15-13-11-9-7-2/h9,11,15,17,21,23,25,27-28,30,46-47H,6-8,10,12-14,16,18-20,22,24,26,29,31-45H2,1-5H3/b11-9+,17-15+,23-21+,27-25+,30-28+. The number of likely N-dealkylation sites (N-methyl/N-ethyl adjacent to an activating group) is 1. The zero-order valence-corrected chi connectivity index (χ0v) is 37.9. The van der Waals surface area contributed by atoms with Crippen molar-refractivity contribution >= 4 is 17.9 Å². The zero-order valence-electron chi connectivity index (χ0n) is 37.9. The molecule has 0 heterocycles. The fourth-order valence-corrected chi connectivity index (χ4v) is 6.53. The van der Waals surface area contributed by atoms with Crippen molar-refractivity contribution in [3.05, 3.63) is 60.8 Å². The summed E-state index contributed by atoms with van der Waals surface area (Å²) < 4.78 is 17.2. The molecule has 0 fully saturated rings. The molecule has 0 aliphatic carbocycles. The Labute approximate surface area is 356 Å². The molecule has 0 rings (SSSR count). The van der Waals surface area contributed by atoms with E-state index in [9.17, 15) is 19.5 Å². The van der Waals surface area contributed by atoms with Gasteiger partial charge in [-0.3, -0.25) is 9.59 Å². The Kier molecular flexibility index (Phi) is 38.7. The number of unbranched alkanes of at least 4 members (excludes halogenated alkanes) is 17. The second-order valence-electron chi connectivity index (χ2n) is 16.6. The van der Waals surface area contributed by atoms with E-state index in [4.69, 9.17) is 14.2 Å². The molecule has 0 aromatic rings. The lowest BCUT2D eigenvalue weighted by atomic mass is 10.1. The van der Waals surface area contributed by atoms with Crippen LogP contribution in [0.3, 0.4) is 0 Å². The maximum Gasteiger partial charge on any atom is 0.306 e. The van der Waals surface area contributed by atoms with Gasteiger partial charge in [0.25, 0.3) is 0 Å². The Morgan fingerprint density at radius 2 is 0.966 bits per heavy atom. The Balaban J connectivity index is 4.38. The lowest BCUT2D eigenvalue weighted by molar-refractivity contribution is -0.889. The third-order valence-electron chi connectivity index (χ3n) is 10.1. The normalized spacial score (nSPS) is 13.5. The minimum Gasteiger partial charge on any atom is -0.544 e. The Morgan fingerprint density at radius 3 is 1.47 bits per heavy atom. The number of esters is 2. The highest BCUT2D eigenvalue weighted by Crippen LogP contribution is 2.14. The van der Waals surface area contributed by atoms with Crippen LogP contribution in [-0.4, -0.2) is 75.5 Å². The molecule has 0 amide bonds. The van der Waals surface area contributed by atoms with Crippen molar-refractivity contribution < 1.29 is 38.2 Å². The van der Waals surface area contributed by atoms with Crippen LogP contribution in [0, 0.1) is 0 Å². The highest BCUT2D eigenvalue weighted by atomic mass is 16.6. The highest BCUT2D eigenvalue weighted by molar-refractivity contribution is 5.70. The first-order valence-corrected chi connectivity index (χ1v) is 23.3. The van der Waals surface area contributed by atoms with Crippen molar-refractivity contribution in [2.75, 3.05) is 41.0 Å². The van der Waals surface area contributed by atoms with Crippen LogP contribution in [-0.2, 0) is 28.6 Å². The summed E-state index contributed by atoms with van der Waals surface area (Å²) in [5.74, 6) is -1.79. The number of allylic oxidation sites excluding steroid dienone is 10. The molecule has 0 saturated heterocycles. The minimum atomic E-state index is -1.13. The van der Waals surface area contributed by atoms with E-state index >= 15 is 0 Å². The van der Waals surface area contributed by atoms with Gasteiger partial charge in [0.1, 0.15) is 12.6 Å². The number of carbonyl (C=O) groups excluding carboxylic acids is 3. The summed E-state index contributed by atoms with van der Waals surface area (Å²) in [5.41, 5.74) is 0. The van der Waals surface area contributed by atoms with Crippen LogP contribution >= 0.6 is 0 Å². The van der Waals surface area contributed by atoms with Gasteiger partial charge in [-0.25, -0.2) is 0 Å². The molecule has 0 aliphatic rings. The summed E-state index contributed by atoms with van der Waals surface area (Å²) in [4.78, 5) is 36.9. The lowest BCUT2D eigenvalue weighted by Crippen LogP contribution is -2.55. The molecule has 0 aromatic carbocycles. The molecule has 0 N–H and O–H groups in total. The van der Waals surface area contributed by atoms with Crippen LogP contribution in [0.1, 0.15) is 187 Å². The van der Waals surface area contributed by atoms with E-state index in [2.05, 4.69) is 74.6 Å². The van der Waals surface area contributed by atoms with Gasteiger partial charge in [0.15, 0.2) is 6.10 Å². The average Bonchev–Trinajstić information content (AvgIpc) is 3.18. The minimum absolute atomic E-state index is 0.0252. The topological polar surface area (TPSA) is 102 Å². The van der Waals surface area contributed by atoms with Crippen molar-refractivity contribution in [1.29, 1.82) is 0 Å². The quantitative estimate of drug-likeness (QED) is 0.0262. The number of nitrogens with zero attached hydrogens (tertiary/aromatic N) is 1. The third kappa shape index (κ3) is 38.5. The summed E-state index contributed by atoms with van der Waals surface area (Å²) in [6, 6.07) is -0.734. The summed E-state index contributed by atoms with van der Waals surface area (Å²) in [6.07, 6.45) is 49.6. The number of rotatable bonds is 41. The monoisotopic (exact) mass is 814 g/mol. The van der Waals surface area contributed by atoms with Crippen molar-refractivity contribution in [2.45, 2.75) is 199 Å². The third-order valence-corrected chi connectivity index (χ3v) is 10.1. The van der Waals surface area contributed by atoms with Crippen molar-refractivity contribution in [2.24, 2.45) is 0 Å².